The fourth-order valence-corrected chi connectivity index (χ4v) is 5.43. The van der Waals surface area contributed by atoms with Gasteiger partial charge in [-0.25, -0.2) is 0 Å². The zero-order chi connectivity index (χ0) is 19.7. The van der Waals surface area contributed by atoms with Crippen molar-refractivity contribution in [1.82, 2.24) is 4.57 Å². The lowest BCUT2D eigenvalue weighted by Gasteiger charge is -2.24. The summed E-state index contributed by atoms with van der Waals surface area (Å²) < 4.78 is 9.44. The number of furan rings is 1. The fourth-order valence-electron chi connectivity index (χ4n) is 5.08. The number of carbonyl (C=O) groups excluding carboxylic acids is 2. The van der Waals surface area contributed by atoms with Crippen LogP contribution in [-0.2, 0) is 0 Å². The molecule has 5 heteroatoms. The number of aromatic nitrogens is 1. The topological polar surface area (TPSA) is 52.2 Å². The van der Waals surface area contributed by atoms with Gasteiger partial charge in [-0.05, 0) is 25.0 Å². The summed E-state index contributed by atoms with van der Waals surface area (Å²) in [5.41, 5.74) is 3.03. The molecule has 1 saturated carbocycles. The predicted octanol–water partition coefficient (Wildman–Crippen LogP) is 6.43. The van der Waals surface area contributed by atoms with E-state index >= 15 is 0 Å². The Kier molecular flexibility index (Phi) is 3.66. The van der Waals surface area contributed by atoms with E-state index in [0.717, 1.165) is 33.6 Å². The summed E-state index contributed by atoms with van der Waals surface area (Å²) in [5.74, 6) is -0.139. The predicted molar refractivity (Wildman–Crippen MR) is 115 cm³/mol. The number of ketones is 2. The molecule has 0 spiro atoms. The molecule has 4 aromatic rings. The molecule has 0 N–H and O–H groups in total. The molecule has 0 aliphatic heterocycles. The van der Waals surface area contributed by atoms with Gasteiger partial charge in [0.15, 0.2) is 11.5 Å². The maximum Gasteiger partial charge on any atom is 0.229 e. The zero-order valence-electron chi connectivity index (χ0n) is 15.7. The van der Waals surface area contributed by atoms with Crippen LogP contribution in [0.5, 0.6) is 0 Å². The second-order valence-electron chi connectivity index (χ2n) is 8.01. The molecule has 0 bridgehead atoms. The summed E-state index contributed by atoms with van der Waals surface area (Å²) in [6.45, 7) is 0. The second-order valence-corrected chi connectivity index (χ2v) is 8.93. The molecule has 2 heterocycles. The Hall–Kier alpha value is -2.66. The van der Waals surface area contributed by atoms with Crippen LogP contribution in [0.2, 0.25) is 0 Å². The lowest BCUT2D eigenvalue weighted by atomic mass is 9.87. The van der Waals surface area contributed by atoms with Crippen LogP contribution in [0.15, 0.2) is 51.4 Å². The highest BCUT2D eigenvalue weighted by atomic mass is 79.9. The molecule has 0 saturated heterocycles. The Balaban J connectivity index is 1.72. The van der Waals surface area contributed by atoms with Crippen LogP contribution in [0.1, 0.15) is 70.2 Å². The molecule has 0 amide bonds. The first-order valence-corrected chi connectivity index (χ1v) is 10.9. The molecule has 6 rings (SSSR count). The van der Waals surface area contributed by atoms with Crippen LogP contribution in [0, 0.1) is 0 Å². The highest BCUT2D eigenvalue weighted by molar-refractivity contribution is 9.10. The van der Waals surface area contributed by atoms with E-state index in [1.165, 1.54) is 19.3 Å². The van der Waals surface area contributed by atoms with E-state index in [1.54, 1.807) is 24.3 Å². The third kappa shape index (κ3) is 2.31. The maximum atomic E-state index is 13.4. The number of halogens is 1. The Morgan fingerprint density at radius 3 is 2.41 bits per heavy atom. The van der Waals surface area contributed by atoms with Gasteiger partial charge in [0.05, 0.1) is 16.5 Å². The van der Waals surface area contributed by atoms with E-state index in [9.17, 15) is 9.59 Å². The lowest BCUT2D eigenvalue weighted by molar-refractivity contribution is 0.0961. The third-order valence-corrected chi connectivity index (χ3v) is 6.88. The van der Waals surface area contributed by atoms with Crippen LogP contribution in [-0.4, -0.2) is 16.1 Å². The molecule has 2 aromatic carbocycles. The fraction of sp³-hybridized carbons (Fsp3) is 0.250. The maximum absolute atomic E-state index is 13.4. The molecule has 0 radical (unpaired) electrons. The largest absolute Gasteiger partial charge is 0.435 e. The third-order valence-electron chi connectivity index (χ3n) is 6.39. The number of fused-ring (bicyclic) bond motifs is 6. The molecular formula is C24H18BrNO3. The highest BCUT2D eigenvalue weighted by Gasteiger charge is 2.38. The number of rotatable bonds is 1. The van der Waals surface area contributed by atoms with Gasteiger partial charge >= 0.3 is 0 Å². The van der Waals surface area contributed by atoms with Crippen LogP contribution in [0.4, 0.5) is 0 Å². The minimum atomic E-state index is -0.202. The molecule has 4 nitrogen and oxygen atoms in total. The van der Waals surface area contributed by atoms with Crippen molar-refractivity contribution in [3.05, 3.63) is 69.4 Å². The van der Waals surface area contributed by atoms with Crippen molar-refractivity contribution in [3.63, 3.8) is 0 Å². The molecule has 2 aliphatic rings. The first kappa shape index (κ1) is 17.2. The Morgan fingerprint density at radius 1 is 0.931 bits per heavy atom. The molecule has 1 fully saturated rings. The summed E-state index contributed by atoms with van der Waals surface area (Å²) in [7, 11) is 0. The summed E-state index contributed by atoms with van der Waals surface area (Å²) in [6, 6.07) is 13.4. The highest BCUT2D eigenvalue weighted by Crippen LogP contribution is 2.44. The molecule has 29 heavy (non-hydrogen) atoms. The minimum absolute atomic E-state index is 0.125. The lowest BCUT2D eigenvalue weighted by Crippen LogP contribution is -2.19. The van der Waals surface area contributed by atoms with E-state index in [-0.39, 0.29) is 17.3 Å². The van der Waals surface area contributed by atoms with Crippen LogP contribution in [0.3, 0.4) is 0 Å². The van der Waals surface area contributed by atoms with Crippen molar-refractivity contribution in [3.8, 4) is 0 Å². The quantitative estimate of drug-likeness (QED) is 0.297. The number of hydrogen-bond donors (Lipinski definition) is 0. The van der Waals surface area contributed by atoms with Gasteiger partial charge in [0.25, 0.3) is 0 Å². The van der Waals surface area contributed by atoms with E-state index < -0.39 is 0 Å². The first-order valence-electron chi connectivity index (χ1n) is 10.1. The molecule has 0 unspecified atom stereocenters. The van der Waals surface area contributed by atoms with Gasteiger partial charge in [-0.15, -0.1) is 0 Å². The summed E-state index contributed by atoms with van der Waals surface area (Å²) in [5, 5.41) is 1.75. The SMILES string of the molecule is O=C1c2ccccc2C(=O)c2c1oc1c2c2ccc(Br)cc2n1C1CCCCC1. The Bertz CT molecular complexity index is 1340. The molecule has 144 valence electrons. The van der Waals surface area contributed by atoms with Gasteiger partial charge in [-0.2, -0.15) is 0 Å². The molecule has 0 atom stereocenters. The van der Waals surface area contributed by atoms with Crippen molar-refractivity contribution < 1.29 is 14.0 Å². The number of benzene rings is 2. The molecular weight excluding hydrogens is 430 g/mol. The summed E-state index contributed by atoms with van der Waals surface area (Å²) in [6.07, 6.45) is 5.79. The van der Waals surface area contributed by atoms with E-state index in [2.05, 4.69) is 26.6 Å². The first-order chi connectivity index (χ1) is 14.1. The monoisotopic (exact) mass is 447 g/mol. The summed E-state index contributed by atoms with van der Waals surface area (Å²) in [4.78, 5) is 26.5. The number of carbonyl (C=O) groups is 2. The standard InChI is InChI=1S/C24H18BrNO3/c25-13-10-11-17-18(12-13)26(14-6-2-1-3-7-14)24-19(17)20-21(27)15-8-4-5-9-16(15)22(28)23(20)29-24/h4-5,8-12,14H,1-3,6-7H2. The number of nitrogens with zero attached hydrogens (tertiary/aromatic N) is 1. The van der Waals surface area contributed by atoms with Gasteiger partial charge in [-0.3, -0.25) is 9.59 Å². The smallest absolute Gasteiger partial charge is 0.229 e. The average Bonchev–Trinajstić information content (AvgIpc) is 3.27. The van der Waals surface area contributed by atoms with Crippen LogP contribution >= 0.6 is 15.9 Å². The van der Waals surface area contributed by atoms with Gasteiger partial charge in [-0.1, -0.05) is 65.5 Å². The van der Waals surface area contributed by atoms with Gasteiger partial charge in [0.2, 0.25) is 11.5 Å². The summed E-state index contributed by atoms with van der Waals surface area (Å²) >= 11 is 3.59. The molecule has 2 aromatic heterocycles. The normalized spacial score (nSPS) is 17.1. The van der Waals surface area contributed by atoms with Gasteiger partial charge < -0.3 is 8.98 Å². The van der Waals surface area contributed by atoms with Crippen molar-refractivity contribution in [1.29, 1.82) is 0 Å². The zero-order valence-corrected chi connectivity index (χ0v) is 17.3. The van der Waals surface area contributed by atoms with Crippen LogP contribution < -0.4 is 0 Å². The van der Waals surface area contributed by atoms with E-state index in [0.29, 0.717) is 28.4 Å². The van der Waals surface area contributed by atoms with E-state index in [1.807, 2.05) is 12.1 Å². The van der Waals surface area contributed by atoms with Crippen molar-refractivity contribution in [2.24, 2.45) is 0 Å². The molecule has 2 aliphatic carbocycles. The average molecular weight is 448 g/mol. The van der Waals surface area contributed by atoms with Crippen molar-refractivity contribution in [2.45, 2.75) is 38.1 Å². The van der Waals surface area contributed by atoms with Gasteiger partial charge in [0.1, 0.15) is 0 Å². The van der Waals surface area contributed by atoms with Crippen molar-refractivity contribution in [2.75, 3.05) is 0 Å². The second kappa shape index (κ2) is 6.17. The van der Waals surface area contributed by atoms with Gasteiger partial charge in [0, 0.05) is 27.0 Å². The van der Waals surface area contributed by atoms with Crippen molar-refractivity contribution >= 4 is 49.5 Å². The minimum Gasteiger partial charge on any atom is -0.435 e. The Morgan fingerprint density at radius 2 is 1.66 bits per heavy atom. The Labute approximate surface area is 175 Å². The number of hydrogen-bond acceptors (Lipinski definition) is 3. The van der Waals surface area contributed by atoms with E-state index in [4.69, 9.17) is 4.42 Å². The van der Waals surface area contributed by atoms with Crippen LogP contribution in [0.25, 0.3) is 22.0 Å².